The highest BCUT2D eigenvalue weighted by atomic mass is 32.1. The molecule has 0 aliphatic carbocycles. The van der Waals surface area contributed by atoms with Crippen LogP contribution >= 0.6 is 68.4 Å². The van der Waals surface area contributed by atoms with E-state index in [1.165, 1.54) is 44.2 Å². The van der Waals surface area contributed by atoms with Gasteiger partial charge in [0.25, 0.3) is 0 Å². The summed E-state index contributed by atoms with van der Waals surface area (Å²) in [5.74, 6) is 3.71. The molecular formula is C62H98N10O3S6. The Morgan fingerprint density at radius 1 is 0.407 bits per heavy atom. The van der Waals surface area contributed by atoms with Gasteiger partial charge in [-0.15, -0.1) is 55.5 Å². The predicted molar refractivity (Wildman–Crippen MR) is 348 cm³/mol. The van der Waals surface area contributed by atoms with Gasteiger partial charge in [-0.25, -0.2) is 24.9 Å². The molecule has 81 heavy (non-hydrogen) atoms. The summed E-state index contributed by atoms with van der Waals surface area (Å²) >= 11 is 9.75. The van der Waals surface area contributed by atoms with Crippen molar-refractivity contribution < 1.29 is 13.3 Å². The zero-order valence-electron chi connectivity index (χ0n) is 54.0. The van der Waals surface area contributed by atoms with Gasteiger partial charge in [-0.1, -0.05) is 193 Å². The Balaban J connectivity index is 0.000000456. The van der Waals surface area contributed by atoms with Gasteiger partial charge in [0.1, 0.15) is 51.0 Å². The first kappa shape index (κ1) is 74.4. The van der Waals surface area contributed by atoms with Crippen molar-refractivity contribution in [2.24, 2.45) is 0 Å². The van der Waals surface area contributed by atoms with Gasteiger partial charge in [0.05, 0.1) is 29.2 Å². The average Bonchev–Trinajstić information content (AvgIpc) is 4.21. The predicted octanol–water partition coefficient (Wildman–Crippen LogP) is 20.0. The fraction of sp³-hybridized carbons (Fsp3) is 0.581. The number of rotatable bonds is 0. The first-order chi connectivity index (χ1) is 36.9. The average molecular weight is 1220 g/mol. The largest absolute Gasteiger partial charge is 0.469 e. The van der Waals surface area contributed by atoms with Crippen LogP contribution < -0.4 is 0 Å². The number of furan rings is 1. The number of thiophene rings is 1. The molecule has 0 aromatic carbocycles. The van der Waals surface area contributed by atoms with Crippen LogP contribution in [0.1, 0.15) is 235 Å². The highest BCUT2D eigenvalue weighted by Crippen LogP contribution is 2.28. The van der Waals surface area contributed by atoms with Gasteiger partial charge in [0, 0.05) is 65.4 Å². The molecule has 450 valence electrons. The van der Waals surface area contributed by atoms with Crippen LogP contribution in [0, 0.1) is 0 Å². The van der Waals surface area contributed by atoms with E-state index in [0.29, 0.717) is 5.41 Å². The summed E-state index contributed by atoms with van der Waals surface area (Å²) in [6.45, 7) is 57.8. The molecule has 9 heterocycles. The highest BCUT2D eigenvalue weighted by molar-refractivity contribution is 7.10. The summed E-state index contributed by atoms with van der Waals surface area (Å²) in [5, 5.41) is 15.3. The number of nitrogens with zero attached hydrogens (tertiary/aromatic N) is 10. The third kappa shape index (κ3) is 32.1. The quantitative estimate of drug-likeness (QED) is 0.141. The minimum absolute atomic E-state index is 0.0451. The van der Waals surface area contributed by atoms with E-state index < -0.39 is 0 Å². The fourth-order valence-corrected chi connectivity index (χ4v) is 9.35. The van der Waals surface area contributed by atoms with Gasteiger partial charge in [-0.05, 0) is 57.5 Å². The third-order valence-corrected chi connectivity index (χ3v) is 16.4. The molecule has 0 saturated heterocycles. The van der Waals surface area contributed by atoms with Crippen molar-refractivity contribution in [3.8, 4) is 0 Å². The maximum Gasteiger partial charge on any atom is 0.199 e. The monoisotopic (exact) mass is 1220 g/mol. The van der Waals surface area contributed by atoms with E-state index in [4.69, 9.17) is 13.3 Å². The summed E-state index contributed by atoms with van der Waals surface area (Å²) in [6.07, 6.45) is 13.6. The first-order valence-corrected chi connectivity index (χ1v) is 32.0. The molecule has 19 heteroatoms. The van der Waals surface area contributed by atoms with Crippen LogP contribution in [-0.4, -0.2) is 48.8 Å². The van der Waals surface area contributed by atoms with Gasteiger partial charge in [0.15, 0.2) is 12.3 Å². The van der Waals surface area contributed by atoms with Gasteiger partial charge in [0.2, 0.25) is 0 Å². The van der Waals surface area contributed by atoms with Crippen molar-refractivity contribution in [1.82, 2.24) is 48.8 Å². The molecule has 0 amide bonds. The van der Waals surface area contributed by atoms with Crippen molar-refractivity contribution in [1.29, 1.82) is 0 Å². The second-order valence-corrected chi connectivity index (χ2v) is 32.8. The van der Waals surface area contributed by atoms with Gasteiger partial charge >= 0.3 is 0 Å². The maximum absolute atomic E-state index is 5.20. The van der Waals surface area contributed by atoms with Crippen LogP contribution in [0.2, 0.25) is 0 Å². The molecule has 0 spiro atoms. The van der Waals surface area contributed by atoms with E-state index in [2.05, 4.69) is 253 Å². The van der Waals surface area contributed by atoms with Crippen LogP contribution in [0.4, 0.5) is 0 Å². The standard InChI is InChI=1S/C8H12O.C8H12S.2C7H11NO.2C7H11NS.3C6H10N2S/c2*1-8(2,3)7-5-4-6-9-7;1-7(2,3)6-4-8-5-9-6;1-7(2,3)6-8-4-5-9-6;1-7(2,3)6-4-8-5-9-6;1-7(2,3)6-8-4-5-9-6;1-6(2,3)5-8-7-4-9-5;1-6(2,3)5-7-4-9-8-5;1-6(2,3)5-7-4-8-9-5/h2*4-6H,1-3H3;4*4-5H,1-3H3;3*4H,1-3H3. The Morgan fingerprint density at radius 3 is 1.25 bits per heavy atom. The van der Waals surface area contributed by atoms with Gasteiger partial charge < -0.3 is 13.3 Å². The Bertz CT molecular complexity index is 2180. The topological polar surface area (TPSA) is 168 Å². The molecule has 0 aliphatic rings. The van der Waals surface area contributed by atoms with E-state index in [-0.39, 0.29) is 43.3 Å². The summed E-state index contributed by atoms with van der Waals surface area (Å²) in [6, 6.07) is 8.20. The van der Waals surface area contributed by atoms with Gasteiger partial charge in [-0.3, -0.25) is 4.98 Å². The molecule has 0 unspecified atom stereocenters. The molecule has 9 aromatic heterocycles. The van der Waals surface area contributed by atoms with Crippen molar-refractivity contribution in [3.05, 3.63) is 150 Å². The zero-order chi connectivity index (χ0) is 62.2. The zero-order valence-corrected chi connectivity index (χ0v) is 58.9. The minimum atomic E-state index is 0.0451. The summed E-state index contributed by atoms with van der Waals surface area (Å²) in [5.41, 5.74) is 7.00. The SMILES string of the molecule is CC(C)(C)c1ccco1.CC(C)(C)c1cccs1.CC(C)(C)c1cnco1.CC(C)(C)c1cncs1.CC(C)(C)c1ncco1.CC(C)(C)c1nccs1.CC(C)(C)c1ncns1.CC(C)(C)c1ncsn1.CC(C)(C)c1nncs1. The lowest BCUT2D eigenvalue weighted by Crippen LogP contribution is -2.12. The van der Waals surface area contributed by atoms with Crippen LogP contribution in [-0.2, 0) is 48.7 Å². The van der Waals surface area contributed by atoms with Gasteiger partial charge in [-0.2, -0.15) is 8.75 Å². The molecule has 0 bridgehead atoms. The maximum atomic E-state index is 5.20. The molecule has 0 N–H and O–H groups in total. The van der Waals surface area contributed by atoms with Crippen LogP contribution in [0.25, 0.3) is 0 Å². The summed E-state index contributed by atoms with van der Waals surface area (Å²) in [7, 11) is 0. The molecule has 9 aromatic rings. The van der Waals surface area contributed by atoms with Crippen molar-refractivity contribution in [3.63, 3.8) is 0 Å². The van der Waals surface area contributed by atoms with Crippen molar-refractivity contribution >= 4 is 68.4 Å². The lowest BCUT2D eigenvalue weighted by molar-refractivity contribution is 0.392. The van der Waals surface area contributed by atoms with Crippen LogP contribution in [0.5, 0.6) is 0 Å². The molecule has 0 atom stereocenters. The number of aromatic nitrogens is 10. The van der Waals surface area contributed by atoms with Crippen molar-refractivity contribution in [2.75, 3.05) is 0 Å². The molecular weight excluding hydrogens is 1130 g/mol. The number of oxazole rings is 2. The van der Waals surface area contributed by atoms with E-state index in [1.54, 1.807) is 76.3 Å². The Kier molecular flexibility index (Phi) is 30.3. The highest BCUT2D eigenvalue weighted by Gasteiger charge is 2.21. The number of hydrogen-bond acceptors (Lipinski definition) is 19. The van der Waals surface area contributed by atoms with E-state index in [1.807, 2.05) is 46.8 Å². The normalized spacial score (nSPS) is 11.9. The summed E-state index contributed by atoms with van der Waals surface area (Å²) < 4.78 is 23.4. The Morgan fingerprint density at radius 2 is 1.02 bits per heavy atom. The van der Waals surface area contributed by atoms with Crippen LogP contribution in [0.3, 0.4) is 0 Å². The third-order valence-electron chi connectivity index (χ3n) is 10.0. The van der Waals surface area contributed by atoms with E-state index in [9.17, 15) is 0 Å². The summed E-state index contributed by atoms with van der Waals surface area (Å²) in [4.78, 5) is 27.1. The lowest BCUT2D eigenvalue weighted by Gasteiger charge is -2.14. The molecule has 0 aliphatic heterocycles. The molecule has 0 fully saturated rings. The molecule has 0 saturated carbocycles. The Labute approximate surface area is 512 Å². The lowest BCUT2D eigenvalue weighted by atomic mass is 9.94. The molecule has 9 rings (SSSR count). The second-order valence-electron chi connectivity index (χ2n) is 27.9. The first-order valence-electron chi connectivity index (χ1n) is 26.9. The molecule has 13 nitrogen and oxygen atoms in total. The Hall–Kier alpha value is -4.66. The minimum Gasteiger partial charge on any atom is -0.469 e. The van der Waals surface area contributed by atoms with Crippen molar-refractivity contribution in [2.45, 2.75) is 236 Å². The van der Waals surface area contributed by atoms with E-state index in [0.717, 1.165) is 33.3 Å². The number of hydrogen-bond donors (Lipinski definition) is 0. The smallest absolute Gasteiger partial charge is 0.199 e. The second kappa shape index (κ2) is 33.0. The van der Waals surface area contributed by atoms with E-state index >= 15 is 0 Å². The van der Waals surface area contributed by atoms with Crippen LogP contribution in [0.15, 0.2) is 115 Å². The number of thiazole rings is 2. The molecule has 0 radical (unpaired) electrons. The fourth-order valence-electron chi connectivity index (χ4n) is 5.28.